The standard InChI is InChI=1S/C22H22FN5O3/c1-3-20(29)25-16-5-4-6-17(13-16)26-21-19(23)14-24-22(28-21)27-15-7-9-18(10-8-15)31-12-11-30-2/h3-10,13-14H,1,11-12H2,2H3,(H,25,29)(H2,24,26,27,28)/i2D3,4D,5D,6D,11D2,13D. The molecule has 0 aliphatic heterocycles. The molecule has 0 saturated carbocycles. The summed E-state index contributed by atoms with van der Waals surface area (Å²) in [6, 6.07) is 3.53. The molecule has 3 N–H and O–H groups in total. The maximum atomic E-state index is 14.5. The number of benzene rings is 2. The van der Waals surface area contributed by atoms with Crippen molar-refractivity contribution in [2.24, 2.45) is 0 Å². The number of ether oxygens (including phenoxy) is 2. The fraction of sp³-hybridized carbons (Fsp3) is 0.136. The molecule has 0 unspecified atom stereocenters. The van der Waals surface area contributed by atoms with Gasteiger partial charge in [-0.05, 0) is 48.5 Å². The van der Waals surface area contributed by atoms with Crippen molar-refractivity contribution in [3.05, 3.63) is 73.1 Å². The molecule has 1 aromatic heterocycles. The number of amides is 1. The number of anilines is 5. The van der Waals surface area contributed by atoms with E-state index in [9.17, 15) is 9.18 Å². The molecule has 0 aliphatic rings. The largest absolute Gasteiger partial charge is 0.491 e. The molecule has 0 radical (unpaired) electrons. The highest BCUT2D eigenvalue weighted by Gasteiger charge is 2.09. The molecule has 3 rings (SSSR count). The second kappa shape index (κ2) is 10.7. The van der Waals surface area contributed by atoms with Gasteiger partial charge in [-0.15, -0.1) is 0 Å². The average molecular weight is 433 g/mol. The smallest absolute Gasteiger partial charge is 0.247 e. The zero-order valence-electron chi connectivity index (χ0n) is 24.9. The Morgan fingerprint density at radius 3 is 2.87 bits per heavy atom. The van der Waals surface area contributed by atoms with Crippen molar-refractivity contribution < 1.29 is 31.0 Å². The third-order valence-corrected chi connectivity index (χ3v) is 3.53. The fourth-order valence-electron chi connectivity index (χ4n) is 2.18. The first-order valence-electron chi connectivity index (χ1n) is 13.1. The highest BCUT2D eigenvalue weighted by molar-refractivity contribution is 5.99. The summed E-state index contributed by atoms with van der Waals surface area (Å²) in [4.78, 5) is 19.5. The quantitative estimate of drug-likeness (QED) is 0.412. The Kier molecular flexibility index (Phi) is 4.37. The second-order valence-corrected chi connectivity index (χ2v) is 5.64. The Hall–Kier alpha value is -3.98. The maximum Gasteiger partial charge on any atom is 0.247 e. The van der Waals surface area contributed by atoms with E-state index < -0.39 is 61.9 Å². The summed E-state index contributed by atoms with van der Waals surface area (Å²) in [5, 5.41) is 7.49. The minimum absolute atomic E-state index is 0.110. The lowest BCUT2D eigenvalue weighted by atomic mass is 10.2. The van der Waals surface area contributed by atoms with Crippen molar-refractivity contribution in [2.75, 3.05) is 36.2 Å². The molecule has 8 nitrogen and oxygen atoms in total. The summed E-state index contributed by atoms with van der Waals surface area (Å²) in [7, 11) is -2.94. The maximum absolute atomic E-state index is 14.5. The first-order chi connectivity index (χ1) is 18.6. The minimum Gasteiger partial charge on any atom is -0.491 e. The van der Waals surface area contributed by atoms with Crippen molar-refractivity contribution in [1.82, 2.24) is 9.97 Å². The molecule has 0 aliphatic carbocycles. The lowest BCUT2D eigenvalue weighted by Crippen LogP contribution is -2.07. The Bertz CT molecular complexity index is 1420. The Balaban J connectivity index is 1.78. The zero-order chi connectivity index (χ0) is 29.8. The van der Waals surface area contributed by atoms with E-state index in [1.807, 2.05) is 0 Å². The van der Waals surface area contributed by atoms with Gasteiger partial charge in [0, 0.05) is 24.1 Å². The summed E-state index contributed by atoms with van der Waals surface area (Å²) >= 11 is 0. The monoisotopic (exact) mass is 432 g/mol. The SMILES string of the molecule is [2H]c1c([2H])c(NC(=O)C=C)c([2H])c(Nc2nc(Nc3ccc(OCC([2H])([2H])OC([2H])([2H])[2H])cc3)ncc2F)c1[2H]. The first-order valence-corrected chi connectivity index (χ1v) is 8.63. The van der Waals surface area contributed by atoms with E-state index in [0.717, 1.165) is 12.3 Å². The van der Waals surface area contributed by atoms with Gasteiger partial charge in [0.25, 0.3) is 0 Å². The number of carbonyl (C=O) groups is 1. The van der Waals surface area contributed by atoms with Crippen LogP contribution < -0.4 is 20.7 Å². The van der Waals surface area contributed by atoms with E-state index in [2.05, 4.69) is 37.2 Å². The first kappa shape index (κ1) is 12.7. The molecule has 9 heteroatoms. The van der Waals surface area contributed by atoms with E-state index in [1.165, 1.54) is 24.3 Å². The number of hydrogen-bond acceptors (Lipinski definition) is 7. The molecule has 0 saturated heterocycles. The third kappa shape index (κ3) is 6.51. The highest BCUT2D eigenvalue weighted by atomic mass is 19.1. The normalized spacial score (nSPS) is 15.3. The highest BCUT2D eigenvalue weighted by Crippen LogP contribution is 2.23. The van der Waals surface area contributed by atoms with E-state index >= 15 is 0 Å². The van der Waals surface area contributed by atoms with Crippen LogP contribution in [-0.4, -0.2) is 36.1 Å². The predicted octanol–water partition coefficient (Wildman–Crippen LogP) is 4.25. The van der Waals surface area contributed by atoms with Crippen LogP contribution in [0.1, 0.15) is 12.3 Å². The molecule has 160 valence electrons. The topological polar surface area (TPSA) is 97.4 Å². The Morgan fingerprint density at radius 2 is 2.10 bits per heavy atom. The molecule has 0 spiro atoms. The van der Waals surface area contributed by atoms with Crippen LogP contribution in [0, 0.1) is 5.82 Å². The third-order valence-electron chi connectivity index (χ3n) is 3.53. The number of nitrogens with zero attached hydrogens (tertiary/aromatic N) is 2. The van der Waals surface area contributed by atoms with Gasteiger partial charge in [0.05, 0.1) is 25.1 Å². The van der Waals surface area contributed by atoms with Gasteiger partial charge < -0.3 is 25.4 Å². The number of aromatic nitrogens is 2. The van der Waals surface area contributed by atoms with Crippen LogP contribution in [0.25, 0.3) is 0 Å². The van der Waals surface area contributed by atoms with Gasteiger partial charge in [-0.1, -0.05) is 12.6 Å². The van der Waals surface area contributed by atoms with Crippen LogP contribution in [0.4, 0.5) is 33.2 Å². The minimum atomic E-state index is -2.94. The molecular weight excluding hydrogens is 401 g/mol. The van der Waals surface area contributed by atoms with E-state index in [-0.39, 0.29) is 23.1 Å². The van der Waals surface area contributed by atoms with Gasteiger partial charge in [-0.2, -0.15) is 4.98 Å². The molecule has 0 fully saturated rings. The van der Waals surface area contributed by atoms with Crippen LogP contribution in [0.15, 0.2) is 67.3 Å². The number of hydrogen-bond donors (Lipinski definition) is 3. The zero-order valence-corrected chi connectivity index (χ0v) is 15.9. The van der Waals surface area contributed by atoms with Crippen molar-refractivity contribution in [3.8, 4) is 5.75 Å². The number of carbonyl (C=O) groups excluding carboxylic acids is 1. The fourth-order valence-corrected chi connectivity index (χ4v) is 2.18. The van der Waals surface area contributed by atoms with Gasteiger partial charge >= 0.3 is 0 Å². The van der Waals surface area contributed by atoms with E-state index in [1.54, 1.807) is 0 Å². The van der Waals surface area contributed by atoms with Crippen LogP contribution >= 0.6 is 0 Å². The average Bonchev–Trinajstić information content (AvgIpc) is 2.87. The molecule has 2 aromatic carbocycles. The summed E-state index contributed by atoms with van der Waals surface area (Å²) in [6.07, 6.45) is 1.72. The van der Waals surface area contributed by atoms with E-state index in [4.69, 9.17) is 17.1 Å². The van der Waals surface area contributed by atoms with E-state index in [0.29, 0.717) is 5.69 Å². The van der Waals surface area contributed by atoms with Crippen LogP contribution in [0.5, 0.6) is 5.75 Å². The Labute approximate surface area is 191 Å². The lowest BCUT2D eigenvalue weighted by Gasteiger charge is -2.11. The van der Waals surface area contributed by atoms with Gasteiger partial charge in [-0.25, -0.2) is 9.37 Å². The number of methoxy groups -OCH3 is 1. The number of nitrogens with one attached hydrogen (secondary N) is 3. The molecule has 3 aromatic rings. The summed E-state index contributed by atoms with van der Waals surface area (Å²) in [5.74, 6) is -2.08. The lowest BCUT2D eigenvalue weighted by molar-refractivity contribution is -0.111. The van der Waals surface area contributed by atoms with Crippen LogP contribution in [0.2, 0.25) is 0 Å². The Morgan fingerprint density at radius 1 is 1.29 bits per heavy atom. The van der Waals surface area contributed by atoms with Gasteiger partial charge in [0.15, 0.2) is 11.6 Å². The molecule has 1 heterocycles. The summed E-state index contributed by atoms with van der Waals surface area (Å²) in [5.41, 5.74) is -0.357. The van der Waals surface area contributed by atoms with Crippen molar-refractivity contribution in [1.29, 1.82) is 0 Å². The van der Waals surface area contributed by atoms with Crippen LogP contribution in [0.3, 0.4) is 0 Å². The number of halogens is 1. The van der Waals surface area contributed by atoms with Crippen LogP contribution in [-0.2, 0) is 9.53 Å². The van der Waals surface area contributed by atoms with Gasteiger partial charge in [0.1, 0.15) is 12.4 Å². The van der Waals surface area contributed by atoms with Crippen molar-refractivity contribution in [3.63, 3.8) is 0 Å². The number of rotatable bonds is 10. The summed E-state index contributed by atoms with van der Waals surface area (Å²) < 4.78 is 92.6. The predicted molar refractivity (Wildman–Crippen MR) is 118 cm³/mol. The molecule has 31 heavy (non-hydrogen) atoms. The van der Waals surface area contributed by atoms with Gasteiger partial charge in [-0.3, -0.25) is 4.79 Å². The molecular formula is C22H22FN5O3. The molecule has 1 amide bonds. The van der Waals surface area contributed by atoms with Crippen molar-refractivity contribution in [2.45, 2.75) is 0 Å². The van der Waals surface area contributed by atoms with Gasteiger partial charge in [0.2, 0.25) is 11.9 Å². The molecule has 0 atom stereocenters. The second-order valence-electron chi connectivity index (χ2n) is 5.64. The van der Waals surface area contributed by atoms with Crippen molar-refractivity contribution >= 4 is 34.7 Å². The molecule has 0 bridgehead atoms. The summed E-state index contributed by atoms with van der Waals surface area (Å²) in [6.45, 7) is 0.0294.